The number of amides is 2. The molecule has 4 nitrogen and oxygen atoms in total. The van der Waals surface area contributed by atoms with Gasteiger partial charge < -0.3 is 10.2 Å². The quantitative estimate of drug-likeness (QED) is 0.902. The molecule has 0 aromatic heterocycles. The molecular weight excluding hydrogens is 300 g/mol. The fraction of sp³-hybridized carbons (Fsp3) is 0.600. The zero-order valence-electron chi connectivity index (χ0n) is 15.0. The van der Waals surface area contributed by atoms with Gasteiger partial charge in [0, 0.05) is 24.4 Å². The van der Waals surface area contributed by atoms with Crippen molar-refractivity contribution in [2.24, 2.45) is 5.41 Å². The lowest BCUT2D eigenvalue weighted by atomic mass is 9.96. The predicted octanol–water partition coefficient (Wildman–Crippen LogP) is 3.22. The Morgan fingerprint density at radius 2 is 1.88 bits per heavy atom. The molecule has 3 rings (SSSR count). The summed E-state index contributed by atoms with van der Waals surface area (Å²) in [5, 5.41) is 2.89. The van der Waals surface area contributed by atoms with Gasteiger partial charge in [0.25, 0.3) is 0 Å². The lowest BCUT2D eigenvalue weighted by Crippen LogP contribution is -2.40. The van der Waals surface area contributed by atoms with Crippen LogP contribution in [0.2, 0.25) is 0 Å². The lowest BCUT2D eigenvalue weighted by Gasteiger charge is -2.30. The minimum Gasteiger partial charge on any atom is -0.355 e. The van der Waals surface area contributed by atoms with Crippen molar-refractivity contribution in [2.45, 2.75) is 65.0 Å². The van der Waals surface area contributed by atoms with Crippen LogP contribution in [0.25, 0.3) is 0 Å². The number of nitrogens with zero attached hydrogens (tertiary/aromatic N) is 1. The largest absolute Gasteiger partial charge is 0.355 e. The van der Waals surface area contributed by atoms with Gasteiger partial charge in [0.05, 0.1) is 6.04 Å². The van der Waals surface area contributed by atoms with Gasteiger partial charge in [-0.3, -0.25) is 9.59 Å². The molecule has 1 saturated carbocycles. The van der Waals surface area contributed by atoms with Crippen molar-refractivity contribution in [3.8, 4) is 0 Å². The summed E-state index contributed by atoms with van der Waals surface area (Å²) in [6, 6.07) is 9.10. The Balaban J connectivity index is 1.63. The summed E-state index contributed by atoms with van der Waals surface area (Å²) in [5.74, 6) is 0.174. The first-order valence-corrected chi connectivity index (χ1v) is 9.05. The Morgan fingerprint density at radius 1 is 1.17 bits per heavy atom. The first kappa shape index (κ1) is 17.0. The second kappa shape index (κ2) is 6.58. The van der Waals surface area contributed by atoms with E-state index in [4.69, 9.17) is 0 Å². The molecule has 1 aromatic carbocycles. The number of rotatable bonds is 5. The number of aryl methyl sites for hydroxylation is 1. The van der Waals surface area contributed by atoms with E-state index < -0.39 is 5.41 Å². The molecule has 2 amide bonds. The standard InChI is InChI=1S/C20H28N2O2/c1-20(2,3)19(24)21-13-12-18(23)22(15-9-10-15)17-11-8-14-6-4-5-7-16(14)17/h4-7,15,17H,8-13H2,1-3H3,(H,21,24). The van der Waals surface area contributed by atoms with E-state index in [2.05, 4.69) is 34.5 Å². The Labute approximate surface area is 144 Å². The third kappa shape index (κ3) is 3.63. The molecule has 0 saturated heterocycles. The van der Waals surface area contributed by atoms with Crippen molar-refractivity contribution in [3.05, 3.63) is 35.4 Å². The molecule has 2 aliphatic carbocycles. The molecule has 1 unspecified atom stereocenters. The topological polar surface area (TPSA) is 49.4 Å². The average Bonchev–Trinajstić information content (AvgIpc) is 3.27. The summed E-state index contributed by atoms with van der Waals surface area (Å²) >= 11 is 0. The van der Waals surface area contributed by atoms with E-state index in [0.717, 1.165) is 25.7 Å². The lowest BCUT2D eigenvalue weighted by molar-refractivity contribution is -0.134. The summed E-state index contributed by atoms with van der Waals surface area (Å²) in [5.41, 5.74) is 2.28. The first-order valence-electron chi connectivity index (χ1n) is 9.05. The Kier molecular flexibility index (Phi) is 4.66. The number of benzene rings is 1. The third-order valence-electron chi connectivity index (χ3n) is 4.97. The van der Waals surface area contributed by atoms with E-state index in [0.29, 0.717) is 19.0 Å². The minimum atomic E-state index is -0.413. The van der Waals surface area contributed by atoms with Gasteiger partial charge >= 0.3 is 0 Å². The number of carbonyl (C=O) groups is 2. The molecule has 0 heterocycles. The number of hydrogen-bond acceptors (Lipinski definition) is 2. The summed E-state index contributed by atoms with van der Waals surface area (Å²) in [7, 11) is 0. The fourth-order valence-corrected chi connectivity index (χ4v) is 3.49. The molecular formula is C20H28N2O2. The van der Waals surface area contributed by atoms with Crippen molar-refractivity contribution in [1.82, 2.24) is 10.2 Å². The van der Waals surface area contributed by atoms with Crippen LogP contribution in [0.4, 0.5) is 0 Å². The normalized spacial score (nSPS) is 19.7. The molecule has 0 aliphatic heterocycles. The van der Waals surface area contributed by atoms with E-state index in [9.17, 15) is 9.59 Å². The predicted molar refractivity (Wildman–Crippen MR) is 94.5 cm³/mol. The van der Waals surface area contributed by atoms with Crippen LogP contribution >= 0.6 is 0 Å². The van der Waals surface area contributed by atoms with Gasteiger partial charge in [-0.1, -0.05) is 45.0 Å². The molecule has 0 spiro atoms. The number of fused-ring (bicyclic) bond motifs is 1. The average molecular weight is 328 g/mol. The van der Waals surface area contributed by atoms with Crippen LogP contribution < -0.4 is 5.32 Å². The molecule has 2 aliphatic rings. The van der Waals surface area contributed by atoms with Gasteiger partial charge in [-0.25, -0.2) is 0 Å². The summed E-state index contributed by atoms with van der Waals surface area (Å²) in [4.78, 5) is 26.9. The smallest absolute Gasteiger partial charge is 0.225 e. The maximum absolute atomic E-state index is 12.8. The van der Waals surface area contributed by atoms with Crippen LogP contribution in [0.15, 0.2) is 24.3 Å². The van der Waals surface area contributed by atoms with E-state index in [1.54, 1.807) is 0 Å². The first-order chi connectivity index (χ1) is 11.4. The molecule has 0 bridgehead atoms. The van der Waals surface area contributed by atoms with E-state index in [-0.39, 0.29) is 17.9 Å². The maximum atomic E-state index is 12.8. The molecule has 130 valence electrons. The highest BCUT2D eigenvalue weighted by molar-refractivity contribution is 5.82. The van der Waals surface area contributed by atoms with Crippen LogP contribution in [0.1, 0.15) is 63.6 Å². The molecule has 1 atom stereocenters. The summed E-state index contributed by atoms with van der Waals surface area (Å²) in [6.07, 6.45) is 4.68. The third-order valence-corrected chi connectivity index (χ3v) is 4.97. The van der Waals surface area contributed by atoms with E-state index >= 15 is 0 Å². The van der Waals surface area contributed by atoms with Gasteiger partial charge in [-0.2, -0.15) is 0 Å². The molecule has 1 fully saturated rings. The van der Waals surface area contributed by atoms with Crippen LogP contribution in [-0.2, 0) is 16.0 Å². The van der Waals surface area contributed by atoms with Gasteiger partial charge in [0.1, 0.15) is 0 Å². The maximum Gasteiger partial charge on any atom is 0.225 e. The number of carbonyl (C=O) groups excluding carboxylic acids is 2. The second-order valence-corrected chi connectivity index (χ2v) is 8.04. The zero-order chi connectivity index (χ0) is 17.3. The fourth-order valence-electron chi connectivity index (χ4n) is 3.49. The Hall–Kier alpha value is -1.84. The van der Waals surface area contributed by atoms with Crippen molar-refractivity contribution >= 4 is 11.8 Å². The van der Waals surface area contributed by atoms with Gasteiger partial charge in [0.15, 0.2) is 0 Å². The van der Waals surface area contributed by atoms with Gasteiger partial charge in [0.2, 0.25) is 11.8 Å². The highest BCUT2D eigenvalue weighted by atomic mass is 16.2. The monoisotopic (exact) mass is 328 g/mol. The highest BCUT2D eigenvalue weighted by Gasteiger charge is 2.39. The van der Waals surface area contributed by atoms with E-state index in [1.165, 1.54) is 11.1 Å². The molecule has 4 heteroatoms. The van der Waals surface area contributed by atoms with Crippen molar-refractivity contribution in [2.75, 3.05) is 6.54 Å². The Bertz CT molecular complexity index is 629. The van der Waals surface area contributed by atoms with Crippen LogP contribution in [0.5, 0.6) is 0 Å². The van der Waals surface area contributed by atoms with E-state index in [1.807, 2.05) is 20.8 Å². The summed E-state index contributed by atoms with van der Waals surface area (Å²) in [6.45, 7) is 6.08. The van der Waals surface area contributed by atoms with Crippen LogP contribution in [0.3, 0.4) is 0 Å². The SMILES string of the molecule is CC(C)(C)C(=O)NCCC(=O)N(C1CC1)C1CCc2ccccc21. The molecule has 0 radical (unpaired) electrons. The van der Waals surface area contributed by atoms with Crippen molar-refractivity contribution in [3.63, 3.8) is 0 Å². The highest BCUT2D eigenvalue weighted by Crippen LogP contribution is 2.42. The van der Waals surface area contributed by atoms with Crippen molar-refractivity contribution in [1.29, 1.82) is 0 Å². The molecule has 1 aromatic rings. The Morgan fingerprint density at radius 3 is 2.54 bits per heavy atom. The zero-order valence-corrected chi connectivity index (χ0v) is 15.0. The number of nitrogens with one attached hydrogen (secondary N) is 1. The van der Waals surface area contributed by atoms with Crippen LogP contribution in [-0.4, -0.2) is 29.3 Å². The van der Waals surface area contributed by atoms with Gasteiger partial charge in [-0.05, 0) is 36.8 Å². The van der Waals surface area contributed by atoms with Crippen LogP contribution in [0, 0.1) is 5.41 Å². The molecule has 24 heavy (non-hydrogen) atoms. The van der Waals surface area contributed by atoms with Gasteiger partial charge in [-0.15, -0.1) is 0 Å². The molecule has 1 N–H and O–H groups in total. The van der Waals surface area contributed by atoms with Crippen molar-refractivity contribution < 1.29 is 9.59 Å². The summed E-state index contributed by atoms with van der Waals surface area (Å²) < 4.78 is 0. The minimum absolute atomic E-state index is 0.000478. The second-order valence-electron chi connectivity index (χ2n) is 8.04. The number of hydrogen-bond donors (Lipinski definition) is 1.